The maximum Gasteiger partial charge on any atom is 0.260 e. The maximum absolute atomic E-state index is 13.1. The maximum atomic E-state index is 13.1. The molecule has 0 atom stereocenters. The van der Waals surface area contributed by atoms with Crippen LogP contribution in [0.2, 0.25) is 0 Å². The lowest BCUT2D eigenvalue weighted by Gasteiger charge is -2.17. The van der Waals surface area contributed by atoms with E-state index in [0.29, 0.717) is 36.1 Å². The van der Waals surface area contributed by atoms with Crippen molar-refractivity contribution in [2.45, 2.75) is 38.7 Å². The molecule has 8 heteroatoms. The quantitative estimate of drug-likeness (QED) is 0.333. The van der Waals surface area contributed by atoms with Gasteiger partial charge in [-0.2, -0.15) is 0 Å². The number of fused-ring (bicyclic) bond motifs is 4. The molecule has 0 amide bonds. The van der Waals surface area contributed by atoms with Gasteiger partial charge in [-0.25, -0.2) is 4.98 Å². The van der Waals surface area contributed by atoms with Crippen LogP contribution < -0.4 is 24.5 Å². The standard InChI is InChI=1S/C28H26N2O5S/c1-3-6-17-12-18(26-29-27(31)24-19-7-4-5-8-23(19)36-28(24)30-26)13-22(32-2)25(17)33-14-16-9-10-20-21(11-16)35-15-34-20/h3,9-13H,1,4-8,14-15H2,2H3,(H,29,30,31). The SMILES string of the molecule is C=CCc1cc(-c2nc3sc4c(c3c(=O)[nH]2)CCCC4)cc(OC)c1OCc1ccc2c(c1)OCO2. The third-order valence-corrected chi connectivity index (χ3v) is 7.82. The number of benzene rings is 2. The van der Waals surface area contributed by atoms with Gasteiger partial charge in [0.1, 0.15) is 17.3 Å². The fourth-order valence-corrected chi connectivity index (χ4v) is 6.17. The van der Waals surface area contributed by atoms with Crippen molar-refractivity contribution < 1.29 is 18.9 Å². The molecule has 1 N–H and O–H groups in total. The number of aryl methyl sites for hydroxylation is 2. The number of hydrogen-bond donors (Lipinski definition) is 1. The number of methoxy groups -OCH3 is 1. The summed E-state index contributed by atoms with van der Waals surface area (Å²) in [7, 11) is 1.61. The summed E-state index contributed by atoms with van der Waals surface area (Å²) >= 11 is 1.64. The van der Waals surface area contributed by atoms with E-state index in [9.17, 15) is 4.79 Å². The van der Waals surface area contributed by atoms with E-state index >= 15 is 0 Å². The van der Waals surface area contributed by atoms with Crippen molar-refractivity contribution in [2.75, 3.05) is 13.9 Å². The first-order valence-electron chi connectivity index (χ1n) is 12.0. The number of thiophene rings is 1. The molecule has 184 valence electrons. The minimum Gasteiger partial charge on any atom is -0.493 e. The molecule has 2 aromatic carbocycles. The Hall–Kier alpha value is -3.78. The van der Waals surface area contributed by atoms with Gasteiger partial charge in [0.15, 0.2) is 23.0 Å². The van der Waals surface area contributed by atoms with Gasteiger partial charge in [0.05, 0.1) is 12.5 Å². The molecule has 6 rings (SSSR count). The highest BCUT2D eigenvalue weighted by molar-refractivity contribution is 7.18. The highest BCUT2D eigenvalue weighted by atomic mass is 32.1. The lowest BCUT2D eigenvalue weighted by molar-refractivity contribution is 0.174. The van der Waals surface area contributed by atoms with Crippen LogP contribution >= 0.6 is 11.3 Å². The Kier molecular flexibility index (Phi) is 5.89. The van der Waals surface area contributed by atoms with E-state index in [1.807, 2.05) is 36.4 Å². The molecular weight excluding hydrogens is 476 g/mol. The second-order valence-corrected chi connectivity index (χ2v) is 10.0. The Labute approximate surface area is 212 Å². The summed E-state index contributed by atoms with van der Waals surface area (Å²) in [6, 6.07) is 9.59. The van der Waals surface area contributed by atoms with E-state index in [4.69, 9.17) is 23.9 Å². The number of ether oxygens (including phenoxy) is 4. The fourth-order valence-electron chi connectivity index (χ4n) is 4.91. The average Bonchev–Trinajstić information content (AvgIpc) is 3.51. The van der Waals surface area contributed by atoms with Crippen molar-refractivity contribution in [2.24, 2.45) is 0 Å². The van der Waals surface area contributed by atoms with Gasteiger partial charge in [-0.3, -0.25) is 4.79 Å². The van der Waals surface area contributed by atoms with Crippen molar-refractivity contribution in [3.63, 3.8) is 0 Å². The Morgan fingerprint density at radius 2 is 2.03 bits per heavy atom. The van der Waals surface area contributed by atoms with Gasteiger partial charge >= 0.3 is 0 Å². The average molecular weight is 503 g/mol. The number of hydrogen-bond acceptors (Lipinski definition) is 7. The summed E-state index contributed by atoms with van der Waals surface area (Å²) in [5.74, 6) is 3.17. The summed E-state index contributed by atoms with van der Waals surface area (Å²) in [5, 5.41) is 0.750. The zero-order valence-corrected chi connectivity index (χ0v) is 20.8. The number of H-pyrrole nitrogens is 1. The van der Waals surface area contributed by atoms with E-state index in [1.54, 1.807) is 18.4 Å². The van der Waals surface area contributed by atoms with Crippen LogP contribution in [0.1, 0.15) is 34.4 Å². The zero-order valence-electron chi connectivity index (χ0n) is 20.0. The van der Waals surface area contributed by atoms with E-state index in [1.165, 1.54) is 16.9 Å². The zero-order chi connectivity index (χ0) is 24.6. The molecule has 2 aliphatic rings. The molecule has 3 heterocycles. The molecule has 0 fully saturated rings. The Balaban J connectivity index is 1.36. The number of rotatable bonds is 7. The van der Waals surface area contributed by atoms with Crippen LogP contribution in [0.5, 0.6) is 23.0 Å². The minimum absolute atomic E-state index is 0.0817. The van der Waals surface area contributed by atoms with Crippen molar-refractivity contribution in [3.05, 3.63) is 74.9 Å². The van der Waals surface area contributed by atoms with E-state index < -0.39 is 0 Å². The smallest absolute Gasteiger partial charge is 0.260 e. The van der Waals surface area contributed by atoms with Gasteiger partial charge in [-0.1, -0.05) is 12.1 Å². The number of nitrogens with zero attached hydrogens (tertiary/aromatic N) is 1. The van der Waals surface area contributed by atoms with Crippen LogP contribution in [0.15, 0.2) is 47.8 Å². The normalized spacial score (nSPS) is 14.0. The molecule has 4 aromatic rings. The van der Waals surface area contributed by atoms with Crippen LogP contribution in [0, 0.1) is 0 Å². The molecule has 0 saturated carbocycles. The third-order valence-electron chi connectivity index (χ3n) is 6.63. The number of allylic oxidation sites excluding steroid dienone is 1. The molecule has 0 saturated heterocycles. The van der Waals surface area contributed by atoms with Gasteiger partial charge < -0.3 is 23.9 Å². The predicted octanol–water partition coefficient (Wildman–Crippen LogP) is 5.58. The third kappa shape index (κ3) is 4.01. The van der Waals surface area contributed by atoms with Crippen molar-refractivity contribution >= 4 is 21.6 Å². The second kappa shape index (κ2) is 9.35. The van der Waals surface area contributed by atoms with Crippen LogP contribution in [0.4, 0.5) is 0 Å². The highest BCUT2D eigenvalue weighted by Gasteiger charge is 2.22. The van der Waals surface area contributed by atoms with Crippen molar-refractivity contribution in [1.29, 1.82) is 0 Å². The molecule has 2 aromatic heterocycles. The van der Waals surface area contributed by atoms with Gasteiger partial charge in [0.25, 0.3) is 5.56 Å². The first-order chi connectivity index (χ1) is 17.6. The number of aromatic nitrogens is 2. The predicted molar refractivity (Wildman–Crippen MR) is 140 cm³/mol. The van der Waals surface area contributed by atoms with Crippen LogP contribution in [0.3, 0.4) is 0 Å². The van der Waals surface area contributed by atoms with Gasteiger partial charge in [0.2, 0.25) is 6.79 Å². The van der Waals surface area contributed by atoms with Crippen LogP contribution in [-0.4, -0.2) is 23.9 Å². The lowest BCUT2D eigenvalue weighted by Crippen LogP contribution is -2.11. The summed E-state index contributed by atoms with van der Waals surface area (Å²) in [5.41, 5.74) is 3.71. The Morgan fingerprint density at radius 3 is 2.89 bits per heavy atom. The van der Waals surface area contributed by atoms with Crippen molar-refractivity contribution in [3.8, 4) is 34.4 Å². The Bertz CT molecular complexity index is 1540. The molecule has 0 radical (unpaired) electrons. The Morgan fingerprint density at radius 1 is 1.17 bits per heavy atom. The van der Waals surface area contributed by atoms with Gasteiger partial charge in [-0.15, -0.1) is 17.9 Å². The first kappa shape index (κ1) is 22.7. The number of nitrogens with one attached hydrogen (secondary N) is 1. The first-order valence-corrected chi connectivity index (χ1v) is 12.8. The molecule has 1 aliphatic heterocycles. The van der Waals surface area contributed by atoms with E-state index in [2.05, 4.69) is 11.6 Å². The van der Waals surface area contributed by atoms with E-state index in [-0.39, 0.29) is 12.4 Å². The summed E-state index contributed by atoms with van der Waals surface area (Å²) in [4.78, 5) is 23.1. The molecule has 36 heavy (non-hydrogen) atoms. The summed E-state index contributed by atoms with van der Waals surface area (Å²) in [6.07, 6.45) is 6.65. The minimum atomic E-state index is -0.0817. The molecular formula is C28H26N2O5S. The van der Waals surface area contributed by atoms with Gasteiger partial charge in [0, 0.05) is 16.0 Å². The molecule has 0 unspecified atom stereocenters. The fraction of sp³-hybridized carbons (Fsp3) is 0.286. The second-order valence-electron chi connectivity index (χ2n) is 8.94. The van der Waals surface area contributed by atoms with E-state index in [0.717, 1.165) is 51.9 Å². The number of aromatic amines is 1. The monoisotopic (exact) mass is 502 g/mol. The molecule has 7 nitrogen and oxygen atoms in total. The summed E-state index contributed by atoms with van der Waals surface area (Å²) in [6.45, 7) is 4.47. The highest BCUT2D eigenvalue weighted by Crippen LogP contribution is 2.39. The van der Waals surface area contributed by atoms with Crippen LogP contribution in [0.25, 0.3) is 21.6 Å². The topological polar surface area (TPSA) is 82.7 Å². The van der Waals surface area contributed by atoms with Gasteiger partial charge in [-0.05, 0) is 67.5 Å². The molecule has 1 aliphatic carbocycles. The van der Waals surface area contributed by atoms with Crippen LogP contribution in [-0.2, 0) is 25.9 Å². The summed E-state index contributed by atoms with van der Waals surface area (Å²) < 4.78 is 22.8. The van der Waals surface area contributed by atoms with Crippen molar-refractivity contribution in [1.82, 2.24) is 9.97 Å². The lowest BCUT2D eigenvalue weighted by atomic mass is 9.97. The molecule has 0 bridgehead atoms. The largest absolute Gasteiger partial charge is 0.493 e. The molecule has 0 spiro atoms.